The minimum absolute atomic E-state index is 0.00738. The standard InChI is InChI=1S/C9H17BFN3O4/c11-7-4(3-14-9(7)10(17)18)8(16)5(12)1-2-6(13)15/h4-5,7,9,14,17-18H,1-3,12H2,(H2,13,15)/t4-,5?,7-,9-/m1/s1. The van der Waals surface area contributed by atoms with E-state index in [1.54, 1.807) is 0 Å². The Balaban J connectivity index is 2.54. The van der Waals surface area contributed by atoms with Crippen LogP contribution in [0.4, 0.5) is 4.39 Å². The largest absolute Gasteiger partial charge is 0.472 e. The second-order valence-corrected chi connectivity index (χ2v) is 4.41. The van der Waals surface area contributed by atoms with Crippen LogP contribution in [0.15, 0.2) is 0 Å². The van der Waals surface area contributed by atoms with Crippen LogP contribution in [-0.4, -0.2) is 53.6 Å². The summed E-state index contributed by atoms with van der Waals surface area (Å²) in [7, 11) is -1.88. The molecule has 0 aromatic heterocycles. The first-order chi connectivity index (χ1) is 8.34. The second-order valence-electron chi connectivity index (χ2n) is 4.41. The Labute approximate surface area is 104 Å². The number of hydrogen-bond donors (Lipinski definition) is 5. The normalized spacial score (nSPS) is 29.0. The third-order valence-corrected chi connectivity index (χ3v) is 3.05. The monoisotopic (exact) mass is 261 g/mol. The van der Waals surface area contributed by atoms with Crippen LogP contribution in [-0.2, 0) is 9.59 Å². The van der Waals surface area contributed by atoms with Crippen LogP contribution in [0.2, 0.25) is 0 Å². The number of carbonyl (C=O) groups is 2. The molecule has 1 rings (SSSR count). The molecule has 1 aliphatic rings. The molecule has 0 saturated carbocycles. The number of alkyl halides is 1. The summed E-state index contributed by atoms with van der Waals surface area (Å²) in [5.74, 6) is -3.34. The zero-order valence-corrected chi connectivity index (χ0v) is 9.75. The Morgan fingerprint density at radius 1 is 1.50 bits per heavy atom. The Hall–Kier alpha value is -1.03. The van der Waals surface area contributed by atoms with Crippen molar-refractivity contribution >= 4 is 18.8 Å². The van der Waals surface area contributed by atoms with Crippen molar-refractivity contribution in [3.8, 4) is 0 Å². The molecule has 0 spiro atoms. The molecule has 7 N–H and O–H groups in total. The zero-order valence-electron chi connectivity index (χ0n) is 9.75. The molecule has 1 unspecified atom stereocenters. The van der Waals surface area contributed by atoms with Gasteiger partial charge in [-0.15, -0.1) is 0 Å². The zero-order chi connectivity index (χ0) is 13.9. The van der Waals surface area contributed by atoms with Crippen molar-refractivity contribution in [3.05, 3.63) is 0 Å². The van der Waals surface area contributed by atoms with Crippen LogP contribution in [0.5, 0.6) is 0 Å². The van der Waals surface area contributed by atoms with E-state index in [1.165, 1.54) is 0 Å². The van der Waals surface area contributed by atoms with Crippen molar-refractivity contribution in [2.75, 3.05) is 6.54 Å². The number of halogens is 1. The molecule has 1 fully saturated rings. The van der Waals surface area contributed by atoms with Gasteiger partial charge in [-0.3, -0.25) is 9.59 Å². The molecule has 7 nitrogen and oxygen atoms in total. The molecule has 0 bridgehead atoms. The molecule has 102 valence electrons. The van der Waals surface area contributed by atoms with Gasteiger partial charge in [0, 0.05) is 13.0 Å². The summed E-state index contributed by atoms with van der Waals surface area (Å²) in [6.07, 6.45) is -1.70. The summed E-state index contributed by atoms with van der Waals surface area (Å²) in [5.41, 5.74) is 10.5. The number of ketones is 1. The van der Waals surface area contributed by atoms with E-state index in [0.29, 0.717) is 0 Å². The van der Waals surface area contributed by atoms with Gasteiger partial charge in [-0.1, -0.05) is 0 Å². The van der Waals surface area contributed by atoms with Gasteiger partial charge in [0.15, 0.2) is 5.78 Å². The van der Waals surface area contributed by atoms with Crippen LogP contribution in [0.3, 0.4) is 0 Å². The fourth-order valence-electron chi connectivity index (χ4n) is 1.98. The van der Waals surface area contributed by atoms with Gasteiger partial charge in [0.05, 0.1) is 17.9 Å². The highest BCUT2D eigenvalue weighted by Gasteiger charge is 2.46. The summed E-state index contributed by atoms with van der Waals surface area (Å²) in [6.45, 7) is -0.00738. The van der Waals surface area contributed by atoms with Crippen LogP contribution in [0.1, 0.15) is 12.8 Å². The summed E-state index contributed by atoms with van der Waals surface area (Å²) in [4.78, 5) is 22.4. The first-order valence-electron chi connectivity index (χ1n) is 5.65. The van der Waals surface area contributed by atoms with E-state index in [1.807, 2.05) is 0 Å². The number of Topliss-reactive ketones (excluding diaryl/α,β-unsaturated/α-hetero) is 1. The lowest BCUT2D eigenvalue weighted by molar-refractivity contribution is -0.125. The highest BCUT2D eigenvalue weighted by atomic mass is 19.1. The van der Waals surface area contributed by atoms with E-state index in [9.17, 15) is 14.0 Å². The van der Waals surface area contributed by atoms with Gasteiger partial charge in [0.1, 0.15) is 6.17 Å². The molecule has 1 aliphatic heterocycles. The number of rotatable bonds is 6. The van der Waals surface area contributed by atoms with Gasteiger partial charge < -0.3 is 26.8 Å². The topological polar surface area (TPSA) is 139 Å². The second kappa shape index (κ2) is 6.23. The summed E-state index contributed by atoms with van der Waals surface area (Å²) >= 11 is 0. The third kappa shape index (κ3) is 3.48. The number of hydrogen-bond acceptors (Lipinski definition) is 6. The minimum atomic E-state index is -1.88. The lowest BCUT2D eigenvalue weighted by atomic mass is 9.75. The SMILES string of the molecule is NC(=O)CCC(N)C(=O)[C@@H]1CN[C@@H](B(O)O)[C@@H]1F. The molecule has 0 aliphatic carbocycles. The fraction of sp³-hybridized carbons (Fsp3) is 0.778. The maximum atomic E-state index is 13.8. The van der Waals surface area contributed by atoms with Gasteiger partial charge >= 0.3 is 7.12 Å². The maximum Gasteiger partial charge on any atom is 0.472 e. The van der Waals surface area contributed by atoms with Gasteiger partial charge in [-0.05, 0) is 6.42 Å². The molecule has 4 atom stereocenters. The predicted molar refractivity (Wildman–Crippen MR) is 61.8 cm³/mol. The molecular weight excluding hydrogens is 244 g/mol. The molecule has 1 saturated heterocycles. The van der Waals surface area contributed by atoms with E-state index in [2.05, 4.69) is 5.32 Å². The van der Waals surface area contributed by atoms with Crippen LogP contribution < -0.4 is 16.8 Å². The number of carbonyl (C=O) groups excluding carboxylic acids is 2. The summed E-state index contributed by atoms with van der Waals surface area (Å²) in [5, 5.41) is 20.3. The number of nitrogens with two attached hydrogens (primary N) is 2. The predicted octanol–water partition coefficient (Wildman–Crippen LogP) is -2.91. The molecule has 9 heteroatoms. The Bertz CT molecular complexity index is 331. The molecule has 0 aromatic carbocycles. The van der Waals surface area contributed by atoms with Crippen LogP contribution in [0.25, 0.3) is 0 Å². The molecule has 0 aromatic rings. The highest BCUT2D eigenvalue weighted by Crippen LogP contribution is 2.22. The van der Waals surface area contributed by atoms with E-state index in [0.717, 1.165) is 0 Å². The van der Waals surface area contributed by atoms with Gasteiger partial charge in [-0.25, -0.2) is 4.39 Å². The van der Waals surface area contributed by atoms with E-state index in [-0.39, 0.29) is 19.4 Å². The lowest BCUT2D eigenvalue weighted by Crippen LogP contribution is -2.46. The maximum absolute atomic E-state index is 13.8. The van der Waals surface area contributed by atoms with Crippen molar-refractivity contribution in [1.29, 1.82) is 0 Å². The number of amides is 1. The van der Waals surface area contributed by atoms with E-state index < -0.39 is 42.9 Å². The average Bonchev–Trinajstić information content (AvgIpc) is 2.66. The lowest BCUT2D eigenvalue weighted by Gasteiger charge is -2.18. The van der Waals surface area contributed by atoms with Crippen molar-refractivity contribution in [3.63, 3.8) is 0 Å². The quantitative estimate of drug-likeness (QED) is 0.325. The minimum Gasteiger partial charge on any atom is -0.426 e. The number of primary amides is 1. The number of nitrogens with one attached hydrogen (secondary N) is 1. The Kier molecular flexibility index (Phi) is 5.21. The fourth-order valence-corrected chi connectivity index (χ4v) is 1.98. The van der Waals surface area contributed by atoms with Crippen molar-refractivity contribution in [2.45, 2.75) is 31.0 Å². The molecular formula is C9H17BFN3O4. The van der Waals surface area contributed by atoms with Gasteiger partial charge in [0.25, 0.3) is 0 Å². The van der Waals surface area contributed by atoms with Crippen molar-refractivity contribution in [1.82, 2.24) is 5.32 Å². The van der Waals surface area contributed by atoms with Crippen molar-refractivity contribution in [2.24, 2.45) is 17.4 Å². The molecule has 1 heterocycles. The molecule has 0 radical (unpaired) electrons. The van der Waals surface area contributed by atoms with Crippen LogP contribution >= 0.6 is 0 Å². The first kappa shape index (κ1) is 15.0. The Morgan fingerprint density at radius 2 is 2.11 bits per heavy atom. The third-order valence-electron chi connectivity index (χ3n) is 3.05. The van der Waals surface area contributed by atoms with E-state index >= 15 is 0 Å². The smallest absolute Gasteiger partial charge is 0.426 e. The van der Waals surface area contributed by atoms with Crippen molar-refractivity contribution < 1.29 is 24.0 Å². The van der Waals surface area contributed by atoms with Gasteiger partial charge in [0.2, 0.25) is 5.91 Å². The van der Waals surface area contributed by atoms with Gasteiger partial charge in [-0.2, -0.15) is 0 Å². The van der Waals surface area contributed by atoms with E-state index in [4.69, 9.17) is 21.5 Å². The highest BCUT2D eigenvalue weighted by molar-refractivity contribution is 6.43. The summed E-state index contributed by atoms with van der Waals surface area (Å²) < 4.78 is 13.8. The summed E-state index contributed by atoms with van der Waals surface area (Å²) in [6, 6.07) is -0.975. The van der Waals surface area contributed by atoms with Crippen LogP contribution in [0, 0.1) is 5.92 Å². The first-order valence-corrected chi connectivity index (χ1v) is 5.65. The average molecular weight is 261 g/mol. The molecule has 1 amide bonds. The Morgan fingerprint density at radius 3 is 2.56 bits per heavy atom. The molecule has 18 heavy (non-hydrogen) atoms.